The van der Waals surface area contributed by atoms with E-state index >= 15 is 0 Å². The first-order valence-corrected chi connectivity index (χ1v) is 7.03. The highest BCUT2D eigenvalue weighted by molar-refractivity contribution is 5.75. The molecule has 1 N–H and O–H groups in total. The predicted octanol–water partition coefficient (Wildman–Crippen LogP) is 2.89. The fourth-order valence-corrected chi connectivity index (χ4v) is 2.73. The van der Waals surface area contributed by atoms with E-state index in [4.69, 9.17) is 4.74 Å². The van der Waals surface area contributed by atoms with E-state index in [1.54, 1.807) is 0 Å². The van der Waals surface area contributed by atoms with Crippen LogP contribution in [0.1, 0.15) is 58.8 Å². The molecule has 3 nitrogen and oxygen atoms in total. The van der Waals surface area contributed by atoms with E-state index in [9.17, 15) is 4.79 Å². The fraction of sp³-hybridized carbons (Fsp3) is 0.929. The maximum absolute atomic E-state index is 11.7. The van der Waals surface area contributed by atoms with Crippen LogP contribution in [-0.4, -0.2) is 25.2 Å². The second-order valence-electron chi connectivity index (χ2n) is 5.22. The van der Waals surface area contributed by atoms with Crippen molar-refractivity contribution in [2.24, 2.45) is 5.92 Å². The number of hydrogen-bond acceptors (Lipinski definition) is 3. The number of hydrogen-bond donors (Lipinski definition) is 1. The van der Waals surface area contributed by atoms with E-state index in [1.165, 1.54) is 32.8 Å². The van der Waals surface area contributed by atoms with Gasteiger partial charge in [-0.3, -0.25) is 4.79 Å². The van der Waals surface area contributed by atoms with Gasteiger partial charge in [0.1, 0.15) is 6.04 Å². The lowest BCUT2D eigenvalue weighted by atomic mass is 9.98. The molecule has 1 aliphatic carbocycles. The number of methoxy groups -OCH3 is 1. The van der Waals surface area contributed by atoms with Crippen molar-refractivity contribution in [3.05, 3.63) is 0 Å². The molecule has 0 radical (unpaired) electrons. The summed E-state index contributed by atoms with van der Waals surface area (Å²) >= 11 is 0. The highest BCUT2D eigenvalue weighted by Crippen LogP contribution is 2.27. The first-order valence-electron chi connectivity index (χ1n) is 7.03. The van der Waals surface area contributed by atoms with Crippen LogP contribution in [0.5, 0.6) is 0 Å². The zero-order valence-corrected chi connectivity index (χ0v) is 11.5. The van der Waals surface area contributed by atoms with Crippen molar-refractivity contribution >= 4 is 5.97 Å². The van der Waals surface area contributed by atoms with Gasteiger partial charge in [0.05, 0.1) is 7.11 Å². The number of esters is 1. The Kier molecular flexibility index (Phi) is 6.56. The third-order valence-electron chi connectivity index (χ3n) is 3.90. The average Bonchev–Trinajstić information content (AvgIpc) is 2.87. The lowest BCUT2D eigenvalue weighted by Crippen LogP contribution is -2.45. The summed E-state index contributed by atoms with van der Waals surface area (Å²) in [4.78, 5) is 11.7. The van der Waals surface area contributed by atoms with E-state index in [1.807, 2.05) is 0 Å². The van der Waals surface area contributed by atoms with Gasteiger partial charge in [0, 0.05) is 6.04 Å². The lowest BCUT2D eigenvalue weighted by molar-refractivity contribution is -0.143. The van der Waals surface area contributed by atoms with E-state index in [0.717, 1.165) is 25.2 Å². The van der Waals surface area contributed by atoms with Crippen molar-refractivity contribution in [1.29, 1.82) is 0 Å². The Morgan fingerprint density at radius 2 is 2.06 bits per heavy atom. The molecule has 0 aromatic heterocycles. The summed E-state index contributed by atoms with van der Waals surface area (Å²) in [6.45, 7) is 4.35. The van der Waals surface area contributed by atoms with Gasteiger partial charge in [0.2, 0.25) is 0 Å². The van der Waals surface area contributed by atoms with Crippen molar-refractivity contribution in [3.63, 3.8) is 0 Å². The molecular weight excluding hydrogens is 214 g/mol. The fourth-order valence-electron chi connectivity index (χ4n) is 2.73. The maximum Gasteiger partial charge on any atom is 0.322 e. The van der Waals surface area contributed by atoms with Gasteiger partial charge in [-0.25, -0.2) is 0 Å². The highest BCUT2D eigenvalue weighted by Gasteiger charge is 2.26. The van der Waals surface area contributed by atoms with Crippen molar-refractivity contribution in [3.8, 4) is 0 Å². The number of rotatable bonds is 7. The Hall–Kier alpha value is -0.570. The van der Waals surface area contributed by atoms with Gasteiger partial charge in [0.25, 0.3) is 0 Å². The smallest absolute Gasteiger partial charge is 0.322 e. The van der Waals surface area contributed by atoms with E-state index in [-0.39, 0.29) is 12.0 Å². The SMILES string of the molecule is CCCCC(N[C@@H](C)C1CCCC1)C(=O)OC. The Labute approximate surface area is 105 Å². The summed E-state index contributed by atoms with van der Waals surface area (Å²) in [5.74, 6) is 0.632. The second-order valence-corrected chi connectivity index (χ2v) is 5.22. The minimum Gasteiger partial charge on any atom is -0.468 e. The molecule has 0 aliphatic heterocycles. The molecule has 1 aliphatic rings. The summed E-state index contributed by atoms with van der Waals surface area (Å²) in [5.41, 5.74) is 0. The molecule has 0 amide bonds. The highest BCUT2D eigenvalue weighted by atomic mass is 16.5. The summed E-state index contributed by atoms with van der Waals surface area (Å²) in [6.07, 6.45) is 8.37. The van der Waals surface area contributed by atoms with E-state index in [2.05, 4.69) is 19.2 Å². The molecule has 0 bridgehead atoms. The van der Waals surface area contributed by atoms with Crippen molar-refractivity contribution in [2.45, 2.75) is 70.9 Å². The largest absolute Gasteiger partial charge is 0.468 e. The molecule has 0 saturated heterocycles. The molecule has 1 unspecified atom stereocenters. The van der Waals surface area contributed by atoms with Crippen LogP contribution in [0.4, 0.5) is 0 Å². The van der Waals surface area contributed by atoms with Crippen LogP contribution in [0.15, 0.2) is 0 Å². The molecular formula is C14H27NO2. The standard InChI is InChI=1S/C14H27NO2/c1-4-5-10-13(14(16)17-3)15-11(2)12-8-6-7-9-12/h11-13,15H,4-10H2,1-3H3/t11-,13?/m0/s1. The van der Waals surface area contributed by atoms with Crippen LogP contribution >= 0.6 is 0 Å². The van der Waals surface area contributed by atoms with Gasteiger partial charge in [-0.1, -0.05) is 32.6 Å². The molecule has 1 fully saturated rings. The summed E-state index contributed by atoms with van der Waals surface area (Å²) in [7, 11) is 1.48. The van der Waals surface area contributed by atoms with Gasteiger partial charge >= 0.3 is 5.97 Å². The molecule has 1 saturated carbocycles. The van der Waals surface area contributed by atoms with Crippen LogP contribution in [-0.2, 0) is 9.53 Å². The van der Waals surface area contributed by atoms with Gasteiger partial charge in [-0.15, -0.1) is 0 Å². The predicted molar refractivity (Wildman–Crippen MR) is 69.9 cm³/mol. The van der Waals surface area contributed by atoms with Gasteiger partial charge in [-0.05, 0) is 32.1 Å². The van der Waals surface area contributed by atoms with Crippen LogP contribution < -0.4 is 5.32 Å². The zero-order valence-electron chi connectivity index (χ0n) is 11.5. The van der Waals surface area contributed by atoms with Crippen molar-refractivity contribution in [2.75, 3.05) is 7.11 Å². The Bertz CT molecular complexity index is 224. The number of unbranched alkanes of at least 4 members (excludes halogenated alkanes) is 1. The molecule has 0 aromatic rings. The minimum atomic E-state index is -0.115. The minimum absolute atomic E-state index is 0.108. The summed E-state index contributed by atoms with van der Waals surface area (Å²) in [5, 5.41) is 3.47. The third kappa shape index (κ3) is 4.66. The topological polar surface area (TPSA) is 38.3 Å². The van der Waals surface area contributed by atoms with Gasteiger partial charge in [0.15, 0.2) is 0 Å². The molecule has 100 valence electrons. The molecule has 1 rings (SSSR count). The van der Waals surface area contributed by atoms with Crippen LogP contribution in [0.2, 0.25) is 0 Å². The Balaban J connectivity index is 2.42. The molecule has 17 heavy (non-hydrogen) atoms. The quantitative estimate of drug-likeness (QED) is 0.697. The first kappa shape index (κ1) is 14.5. The molecule has 0 heterocycles. The number of carbonyl (C=O) groups excluding carboxylic acids is 1. The lowest BCUT2D eigenvalue weighted by Gasteiger charge is -2.25. The third-order valence-corrected chi connectivity index (χ3v) is 3.90. The maximum atomic E-state index is 11.7. The van der Waals surface area contributed by atoms with Crippen LogP contribution in [0.25, 0.3) is 0 Å². The molecule has 0 spiro atoms. The van der Waals surface area contributed by atoms with Gasteiger partial charge < -0.3 is 10.1 Å². The first-order chi connectivity index (χ1) is 8.19. The van der Waals surface area contributed by atoms with Gasteiger partial charge in [-0.2, -0.15) is 0 Å². The monoisotopic (exact) mass is 241 g/mol. The summed E-state index contributed by atoms with van der Waals surface area (Å²) in [6, 6.07) is 0.314. The number of ether oxygens (including phenoxy) is 1. The van der Waals surface area contributed by atoms with Crippen LogP contribution in [0.3, 0.4) is 0 Å². The molecule has 3 heteroatoms. The van der Waals surface area contributed by atoms with Crippen molar-refractivity contribution < 1.29 is 9.53 Å². The Morgan fingerprint density at radius 1 is 1.41 bits per heavy atom. The number of nitrogens with one attached hydrogen (secondary N) is 1. The normalized spacial score (nSPS) is 20.2. The average molecular weight is 241 g/mol. The summed E-state index contributed by atoms with van der Waals surface area (Å²) < 4.78 is 4.87. The van der Waals surface area contributed by atoms with E-state index in [0.29, 0.717) is 6.04 Å². The second kappa shape index (κ2) is 7.70. The number of carbonyl (C=O) groups is 1. The van der Waals surface area contributed by atoms with E-state index < -0.39 is 0 Å². The molecule has 2 atom stereocenters. The Morgan fingerprint density at radius 3 is 2.59 bits per heavy atom. The molecule has 0 aromatic carbocycles. The van der Waals surface area contributed by atoms with Crippen LogP contribution in [0, 0.1) is 5.92 Å². The zero-order chi connectivity index (χ0) is 12.7. The van der Waals surface area contributed by atoms with Crippen molar-refractivity contribution in [1.82, 2.24) is 5.32 Å².